The van der Waals surface area contributed by atoms with E-state index in [9.17, 15) is 0 Å². The minimum Gasteiger partial charge on any atom is -0.329 e. The molecule has 3 nitrogen and oxygen atoms in total. The minimum absolute atomic E-state index is 0.203. The van der Waals surface area contributed by atoms with Crippen molar-refractivity contribution in [3.63, 3.8) is 0 Å². The molecule has 2 heterocycles. The molecule has 2 aliphatic heterocycles. The Labute approximate surface area is 137 Å². The van der Waals surface area contributed by atoms with Gasteiger partial charge in [0.1, 0.15) is 0 Å². The SMILES string of the molecule is CN1C2CCC1CN(C(CN)c1cc(Cl)cc(Cl)c1)CC2. The largest absolute Gasteiger partial charge is 0.329 e. The third-order valence-corrected chi connectivity index (χ3v) is 5.55. The Kier molecular flexibility index (Phi) is 4.77. The van der Waals surface area contributed by atoms with Gasteiger partial charge in [0.2, 0.25) is 0 Å². The molecule has 2 fully saturated rings. The molecule has 0 spiro atoms. The standard InChI is InChI=1S/C16H23Cl2N3/c1-20-14-2-3-15(20)10-21(5-4-14)16(9-19)11-6-12(17)8-13(18)7-11/h6-8,14-16H,2-5,9-10,19H2,1H3. The van der Waals surface area contributed by atoms with Gasteiger partial charge in [-0.25, -0.2) is 0 Å². The Morgan fingerprint density at radius 2 is 1.81 bits per heavy atom. The number of nitrogens with zero attached hydrogens (tertiary/aromatic N) is 2. The molecule has 5 heteroatoms. The number of nitrogens with two attached hydrogens (primary N) is 1. The van der Waals surface area contributed by atoms with Crippen LogP contribution in [0.1, 0.15) is 30.9 Å². The van der Waals surface area contributed by atoms with Crippen molar-refractivity contribution in [1.82, 2.24) is 9.80 Å². The van der Waals surface area contributed by atoms with Gasteiger partial charge in [-0.2, -0.15) is 0 Å². The lowest BCUT2D eigenvalue weighted by Gasteiger charge is -2.33. The summed E-state index contributed by atoms with van der Waals surface area (Å²) in [6.07, 6.45) is 3.86. The molecule has 3 unspecified atom stereocenters. The van der Waals surface area contributed by atoms with Crippen LogP contribution >= 0.6 is 23.2 Å². The third-order valence-electron chi connectivity index (χ3n) is 5.11. The highest BCUT2D eigenvalue weighted by Gasteiger charge is 2.36. The summed E-state index contributed by atoms with van der Waals surface area (Å²) < 4.78 is 0. The van der Waals surface area contributed by atoms with Crippen molar-refractivity contribution in [2.75, 3.05) is 26.7 Å². The lowest BCUT2D eigenvalue weighted by molar-refractivity contribution is 0.175. The molecule has 2 aliphatic rings. The first-order valence-electron chi connectivity index (χ1n) is 7.70. The maximum absolute atomic E-state index is 6.16. The van der Waals surface area contributed by atoms with E-state index in [1.807, 2.05) is 12.1 Å². The average Bonchev–Trinajstić information content (AvgIpc) is 2.65. The molecule has 2 saturated heterocycles. The second-order valence-corrected chi connectivity index (χ2v) is 7.16. The zero-order valence-corrected chi connectivity index (χ0v) is 13.9. The molecule has 3 rings (SSSR count). The fraction of sp³-hybridized carbons (Fsp3) is 0.625. The number of hydrogen-bond acceptors (Lipinski definition) is 3. The van der Waals surface area contributed by atoms with E-state index < -0.39 is 0 Å². The molecule has 2 N–H and O–H groups in total. The highest BCUT2D eigenvalue weighted by atomic mass is 35.5. The van der Waals surface area contributed by atoms with Gasteiger partial charge in [-0.15, -0.1) is 0 Å². The summed E-state index contributed by atoms with van der Waals surface area (Å²) in [5.74, 6) is 0. The van der Waals surface area contributed by atoms with Gasteiger partial charge in [-0.1, -0.05) is 23.2 Å². The van der Waals surface area contributed by atoms with Gasteiger partial charge in [0.15, 0.2) is 0 Å². The Morgan fingerprint density at radius 3 is 2.48 bits per heavy atom. The van der Waals surface area contributed by atoms with Gasteiger partial charge in [0, 0.05) is 47.8 Å². The van der Waals surface area contributed by atoms with E-state index >= 15 is 0 Å². The molecule has 116 valence electrons. The molecular formula is C16H23Cl2N3. The van der Waals surface area contributed by atoms with Gasteiger partial charge >= 0.3 is 0 Å². The number of benzene rings is 1. The number of halogens is 2. The van der Waals surface area contributed by atoms with Crippen LogP contribution in [-0.4, -0.2) is 48.6 Å². The van der Waals surface area contributed by atoms with Gasteiger partial charge in [0.05, 0.1) is 0 Å². The van der Waals surface area contributed by atoms with Gasteiger partial charge < -0.3 is 5.73 Å². The summed E-state index contributed by atoms with van der Waals surface area (Å²) in [7, 11) is 2.26. The zero-order valence-electron chi connectivity index (χ0n) is 12.4. The minimum atomic E-state index is 0.203. The summed E-state index contributed by atoms with van der Waals surface area (Å²) in [5.41, 5.74) is 7.21. The Balaban J connectivity index is 1.83. The summed E-state index contributed by atoms with van der Waals surface area (Å²) in [5, 5.41) is 1.37. The van der Waals surface area contributed by atoms with E-state index in [-0.39, 0.29) is 6.04 Å². The van der Waals surface area contributed by atoms with Crippen LogP contribution in [0.4, 0.5) is 0 Å². The first-order valence-corrected chi connectivity index (χ1v) is 8.46. The molecule has 0 saturated carbocycles. The van der Waals surface area contributed by atoms with Crippen molar-refractivity contribution < 1.29 is 0 Å². The third kappa shape index (κ3) is 3.22. The van der Waals surface area contributed by atoms with Crippen molar-refractivity contribution in [3.8, 4) is 0 Å². The Morgan fingerprint density at radius 1 is 1.14 bits per heavy atom. The van der Waals surface area contributed by atoms with Gasteiger partial charge in [-0.05, 0) is 50.1 Å². The van der Waals surface area contributed by atoms with Crippen LogP contribution in [0.25, 0.3) is 0 Å². The average molecular weight is 328 g/mol. The fourth-order valence-electron chi connectivity index (χ4n) is 3.88. The van der Waals surface area contributed by atoms with Crippen LogP contribution < -0.4 is 5.73 Å². The number of rotatable bonds is 3. The Bertz CT molecular complexity index is 488. The first-order chi connectivity index (χ1) is 10.1. The van der Waals surface area contributed by atoms with Crippen molar-refractivity contribution in [2.45, 2.75) is 37.4 Å². The predicted octanol–water partition coefficient (Wildman–Crippen LogP) is 3.16. The molecule has 21 heavy (non-hydrogen) atoms. The molecule has 3 atom stereocenters. The fourth-order valence-corrected chi connectivity index (χ4v) is 4.42. The lowest BCUT2D eigenvalue weighted by Crippen LogP contribution is -2.40. The zero-order chi connectivity index (χ0) is 15.0. The Hall–Kier alpha value is -0.320. The number of likely N-dealkylation sites (N-methyl/N-ethyl adjacent to an activating group) is 1. The second-order valence-electron chi connectivity index (χ2n) is 6.29. The van der Waals surface area contributed by atoms with Crippen molar-refractivity contribution >= 4 is 23.2 Å². The first kappa shape index (κ1) is 15.6. The van der Waals surface area contributed by atoms with E-state index in [2.05, 4.69) is 16.8 Å². The lowest BCUT2D eigenvalue weighted by atomic mass is 10.0. The van der Waals surface area contributed by atoms with Crippen molar-refractivity contribution in [3.05, 3.63) is 33.8 Å². The van der Waals surface area contributed by atoms with Crippen LogP contribution in [0.15, 0.2) is 18.2 Å². The molecule has 0 aliphatic carbocycles. The second kappa shape index (κ2) is 6.43. The maximum Gasteiger partial charge on any atom is 0.0472 e. The van der Waals surface area contributed by atoms with Gasteiger partial charge in [-0.3, -0.25) is 9.80 Å². The quantitative estimate of drug-likeness (QED) is 0.925. The monoisotopic (exact) mass is 327 g/mol. The number of hydrogen-bond donors (Lipinski definition) is 1. The van der Waals surface area contributed by atoms with Crippen LogP contribution in [0.5, 0.6) is 0 Å². The van der Waals surface area contributed by atoms with Crippen LogP contribution in [-0.2, 0) is 0 Å². The molecule has 1 aromatic rings. The summed E-state index contributed by atoms with van der Waals surface area (Å²) in [6.45, 7) is 2.77. The summed E-state index contributed by atoms with van der Waals surface area (Å²) >= 11 is 12.3. The van der Waals surface area contributed by atoms with E-state index in [4.69, 9.17) is 28.9 Å². The molecule has 1 aromatic carbocycles. The number of likely N-dealkylation sites (tertiary alicyclic amines) is 1. The van der Waals surface area contributed by atoms with Crippen molar-refractivity contribution in [1.29, 1.82) is 0 Å². The van der Waals surface area contributed by atoms with Crippen LogP contribution in [0.3, 0.4) is 0 Å². The molecule has 0 radical (unpaired) electrons. The topological polar surface area (TPSA) is 32.5 Å². The highest BCUT2D eigenvalue weighted by Crippen LogP contribution is 2.33. The van der Waals surface area contributed by atoms with E-state index in [0.29, 0.717) is 22.6 Å². The number of fused-ring (bicyclic) bond motifs is 2. The van der Waals surface area contributed by atoms with Gasteiger partial charge in [0.25, 0.3) is 0 Å². The molecule has 2 bridgehead atoms. The molecular weight excluding hydrogens is 305 g/mol. The van der Waals surface area contributed by atoms with E-state index in [1.165, 1.54) is 19.3 Å². The maximum atomic E-state index is 6.16. The summed E-state index contributed by atoms with van der Waals surface area (Å²) in [6, 6.07) is 7.37. The summed E-state index contributed by atoms with van der Waals surface area (Å²) in [4.78, 5) is 5.07. The van der Waals surface area contributed by atoms with E-state index in [1.54, 1.807) is 6.07 Å². The van der Waals surface area contributed by atoms with Crippen molar-refractivity contribution in [2.24, 2.45) is 5.73 Å². The molecule has 0 aromatic heterocycles. The van der Waals surface area contributed by atoms with E-state index in [0.717, 1.165) is 24.7 Å². The van der Waals surface area contributed by atoms with Crippen LogP contribution in [0.2, 0.25) is 10.0 Å². The normalized spacial score (nSPS) is 28.6. The smallest absolute Gasteiger partial charge is 0.0472 e. The predicted molar refractivity (Wildman–Crippen MR) is 89.0 cm³/mol. The highest BCUT2D eigenvalue weighted by molar-refractivity contribution is 6.34. The van der Waals surface area contributed by atoms with Crippen LogP contribution in [0, 0.1) is 0 Å². The molecule has 0 amide bonds.